The highest BCUT2D eigenvalue weighted by molar-refractivity contribution is 5.95. The van der Waals surface area contributed by atoms with Gasteiger partial charge in [-0.15, -0.1) is 0 Å². The SMILES string of the molecule is CC[C@@]1(O)C[C@H]2CN(CCc3c([nH]c4ccccc34)[C@](C(=O)OC)(c3cc4c(cc3OC)N(C)[C@@H]3[C@@](O)(C(=O)OC)[C@@H](OC(C)=O)[C@]5(CC)C=CCN6CC[C@]43[C@H]65)C2)C1. The molecule has 6 aliphatic rings. The Morgan fingerprint density at radius 3 is 2.41 bits per heavy atom. The van der Waals surface area contributed by atoms with E-state index in [2.05, 4.69) is 39.1 Å². The first kappa shape index (κ1) is 40.0. The van der Waals surface area contributed by atoms with Gasteiger partial charge in [-0.05, 0) is 74.2 Å². The number of carbonyl (C=O) groups is 3. The molecule has 1 aliphatic carbocycles. The van der Waals surface area contributed by atoms with E-state index in [1.54, 1.807) is 7.11 Å². The third kappa shape index (κ3) is 5.20. The number of rotatable bonds is 7. The molecule has 0 radical (unpaired) electrons. The van der Waals surface area contributed by atoms with E-state index in [0.29, 0.717) is 82.6 Å². The molecule has 3 aromatic rings. The summed E-state index contributed by atoms with van der Waals surface area (Å²) >= 11 is 0. The fourth-order valence-electron chi connectivity index (χ4n) is 13.5. The number of ether oxygens (including phenoxy) is 4. The van der Waals surface area contributed by atoms with Crippen molar-refractivity contribution in [3.8, 4) is 5.75 Å². The first-order valence-electron chi connectivity index (χ1n) is 21.2. The number of piperidine rings is 1. The third-order valence-corrected chi connectivity index (χ3v) is 15.6. The number of nitrogens with zero attached hydrogens (tertiary/aromatic N) is 3. The highest BCUT2D eigenvalue weighted by Crippen LogP contribution is 2.68. The molecule has 59 heavy (non-hydrogen) atoms. The summed E-state index contributed by atoms with van der Waals surface area (Å²) in [5, 5.41) is 26.3. The van der Waals surface area contributed by atoms with E-state index in [1.807, 2.05) is 50.1 Å². The molecule has 2 saturated heterocycles. The second kappa shape index (κ2) is 13.8. The van der Waals surface area contributed by atoms with Gasteiger partial charge in [0.25, 0.3) is 0 Å². The van der Waals surface area contributed by atoms with Crippen LogP contribution in [0.4, 0.5) is 5.69 Å². The molecule has 3 fully saturated rings. The maximum atomic E-state index is 15.3. The second-order valence-corrected chi connectivity index (χ2v) is 18.2. The molecular weight excluding hydrogens is 753 g/mol. The summed E-state index contributed by atoms with van der Waals surface area (Å²) in [6.45, 7) is 8.62. The number of esters is 3. The highest BCUT2D eigenvalue weighted by atomic mass is 16.6. The predicted octanol–water partition coefficient (Wildman–Crippen LogP) is 3.99. The normalized spacial score (nSPS) is 37.0. The smallest absolute Gasteiger partial charge is 0.344 e. The van der Waals surface area contributed by atoms with Gasteiger partial charge in [0.1, 0.15) is 11.2 Å². The number of aliphatic hydroxyl groups is 2. The first-order chi connectivity index (χ1) is 28.2. The first-order valence-corrected chi connectivity index (χ1v) is 21.2. The molecule has 5 aliphatic heterocycles. The van der Waals surface area contributed by atoms with Crippen LogP contribution in [0.15, 0.2) is 48.6 Å². The molecule has 1 spiro atoms. The van der Waals surface area contributed by atoms with Crippen molar-refractivity contribution >= 4 is 34.5 Å². The van der Waals surface area contributed by atoms with Crippen LogP contribution in [0.25, 0.3) is 10.9 Å². The van der Waals surface area contributed by atoms with Gasteiger partial charge in [0.2, 0.25) is 5.60 Å². The zero-order chi connectivity index (χ0) is 41.9. The number of aromatic nitrogens is 1. The van der Waals surface area contributed by atoms with E-state index in [4.69, 9.17) is 18.9 Å². The van der Waals surface area contributed by atoms with Crippen molar-refractivity contribution in [1.82, 2.24) is 14.8 Å². The van der Waals surface area contributed by atoms with Crippen LogP contribution in [0.2, 0.25) is 0 Å². The summed E-state index contributed by atoms with van der Waals surface area (Å²) in [6, 6.07) is 11.0. The standard InChI is InChI=1S/C46H58N4O9/c1-8-42(54)23-28-24-45(40(52)57-6,36-30(15-19-49(25-28)26-42)29-13-10-11-14-33(29)47-36)32-21-31-34(22-35(32)56-5)48(4)38-44(31)17-20-50-18-12-16-43(9-2,37(44)50)39(59-27(3)51)46(38,55)41(53)58-7/h10-14,16,21-22,28,37-39,47,54-55H,8-9,15,17-20,23-26H2,1-7H3/t28-,37-,38+,39+,42-,43-,44-,45-,46+/m1/s1. The van der Waals surface area contributed by atoms with E-state index in [0.717, 1.165) is 33.4 Å². The van der Waals surface area contributed by atoms with Gasteiger partial charge < -0.3 is 39.0 Å². The number of anilines is 1. The molecule has 9 rings (SSSR count). The van der Waals surface area contributed by atoms with E-state index in [9.17, 15) is 19.8 Å². The minimum Gasteiger partial charge on any atom is -0.496 e. The second-order valence-electron chi connectivity index (χ2n) is 18.2. The third-order valence-electron chi connectivity index (χ3n) is 15.6. The van der Waals surface area contributed by atoms with E-state index < -0.39 is 57.5 Å². The van der Waals surface area contributed by atoms with Crippen LogP contribution in [0.3, 0.4) is 0 Å². The Balaban J connectivity index is 1.36. The Labute approximate surface area is 345 Å². The molecule has 0 amide bonds. The number of fused-ring (bicyclic) bond motifs is 6. The van der Waals surface area contributed by atoms with Gasteiger partial charge in [0.15, 0.2) is 6.10 Å². The topological polar surface area (TPSA) is 154 Å². The Morgan fingerprint density at radius 2 is 1.71 bits per heavy atom. The summed E-state index contributed by atoms with van der Waals surface area (Å²) in [7, 11) is 6.15. The maximum Gasteiger partial charge on any atom is 0.344 e. The average Bonchev–Trinajstić information content (AvgIpc) is 3.90. The van der Waals surface area contributed by atoms with Gasteiger partial charge in [0, 0.05) is 90.9 Å². The molecule has 6 heterocycles. The summed E-state index contributed by atoms with van der Waals surface area (Å²) in [6.07, 6.45) is 5.94. The monoisotopic (exact) mass is 810 g/mol. The number of likely N-dealkylation sites (N-methyl/N-ethyl adjacent to an activating group) is 1. The fourth-order valence-corrected chi connectivity index (χ4v) is 13.5. The van der Waals surface area contributed by atoms with Crippen LogP contribution in [-0.4, -0.2) is 133 Å². The summed E-state index contributed by atoms with van der Waals surface area (Å²) in [4.78, 5) is 53.2. The van der Waals surface area contributed by atoms with E-state index >= 15 is 4.79 Å². The highest BCUT2D eigenvalue weighted by Gasteiger charge is 2.80. The molecule has 1 aromatic heterocycles. The lowest BCUT2D eigenvalue weighted by atomic mass is 9.47. The van der Waals surface area contributed by atoms with Crippen LogP contribution >= 0.6 is 0 Å². The predicted molar refractivity (Wildman–Crippen MR) is 220 cm³/mol. The van der Waals surface area contributed by atoms with Crippen molar-refractivity contribution in [2.24, 2.45) is 11.3 Å². The maximum absolute atomic E-state index is 15.3. The van der Waals surface area contributed by atoms with Crippen molar-refractivity contribution in [2.45, 2.75) is 99.5 Å². The summed E-state index contributed by atoms with van der Waals surface area (Å²) < 4.78 is 23.9. The number of hydrogen-bond acceptors (Lipinski definition) is 12. The molecule has 13 heteroatoms. The molecule has 2 aromatic carbocycles. The van der Waals surface area contributed by atoms with E-state index in [1.165, 1.54) is 21.1 Å². The molecular formula is C46H58N4O9. The van der Waals surface area contributed by atoms with Crippen LogP contribution in [0, 0.1) is 11.3 Å². The van der Waals surface area contributed by atoms with Crippen LogP contribution in [0.5, 0.6) is 5.75 Å². The molecule has 316 valence electrons. The van der Waals surface area contributed by atoms with Crippen LogP contribution in [-0.2, 0) is 45.8 Å². The lowest BCUT2D eigenvalue weighted by Crippen LogP contribution is -2.81. The van der Waals surface area contributed by atoms with E-state index in [-0.39, 0.29) is 12.0 Å². The van der Waals surface area contributed by atoms with Gasteiger partial charge in [-0.2, -0.15) is 0 Å². The van der Waals surface area contributed by atoms with Crippen LogP contribution in [0.1, 0.15) is 75.3 Å². The van der Waals surface area contributed by atoms with Crippen molar-refractivity contribution < 1.29 is 43.5 Å². The fraction of sp³-hybridized carbons (Fsp3) is 0.587. The number of nitrogens with one attached hydrogen (secondary N) is 1. The number of methoxy groups -OCH3 is 3. The lowest BCUT2D eigenvalue weighted by Gasteiger charge is -2.63. The number of aromatic amines is 1. The van der Waals surface area contributed by atoms with Gasteiger partial charge in [-0.1, -0.05) is 44.2 Å². The Morgan fingerprint density at radius 1 is 0.949 bits per heavy atom. The average molecular weight is 811 g/mol. The number of carbonyl (C=O) groups excluding carboxylic acids is 3. The number of para-hydroxylation sites is 1. The van der Waals surface area contributed by atoms with Crippen molar-refractivity contribution in [3.63, 3.8) is 0 Å². The van der Waals surface area contributed by atoms with Gasteiger partial charge >= 0.3 is 17.9 Å². The molecule has 1 unspecified atom stereocenters. The quantitative estimate of drug-likeness (QED) is 0.180. The van der Waals surface area contributed by atoms with Crippen molar-refractivity contribution in [2.75, 3.05) is 66.0 Å². The zero-order valence-electron chi connectivity index (χ0n) is 35.3. The zero-order valence-corrected chi connectivity index (χ0v) is 35.3. The van der Waals surface area contributed by atoms with Crippen molar-refractivity contribution in [1.29, 1.82) is 0 Å². The Hall–Kier alpha value is -4.43. The Bertz CT molecular complexity index is 2260. The van der Waals surface area contributed by atoms with Gasteiger partial charge in [-0.3, -0.25) is 19.4 Å². The largest absolute Gasteiger partial charge is 0.496 e. The van der Waals surface area contributed by atoms with Gasteiger partial charge in [-0.25, -0.2) is 4.79 Å². The molecule has 10 atom stereocenters. The molecule has 13 nitrogen and oxygen atoms in total. The number of hydrogen-bond donors (Lipinski definition) is 3. The number of benzene rings is 2. The van der Waals surface area contributed by atoms with Crippen molar-refractivity contribution in [3.05, 3.63) is 70.9 Å². The molecule has 1 saturated carbocycles. The molecule has 3 N–H and O–H groups in total. The number of H-pyrrole nitrogens is 1. The summed E-state index contributed by atoms with van der Waals surface area (Å²) in [5.41, 5.74) is -1.62. The lowest BCUT2D eigenvalue weighted by molar-refractivity contribution is -0.228. The summed E-state index contributed by atoms with van der Waals surface area (Å²) in [5.74, 6) is -1.56. The Kier molecular flexibility index (Phi) is 9.36. The molecule has 2 bridgehead atoms. The van der Waals surface area contributed by atoms with Gasteiger partial charge in [0.05, 0.1) is 33.0 Å². The van der Waals surface area contributed by atoms with Crippen LogP contribution < -0.4 is 9.64 Å². The minimum atomic E-state index is -2.30. The minimum absolute atomic E-state index is 0.0986.